The topological polar surface area (TPSA) is 52.6 Å². The number of aliphatic hydroxyl groups is 1. The number of urea groups is 1. The summed E-state index contributed by atoms with van der Waals surface area (Å²) >= 11 is 0. The Morgan fingerprint density at radius 2 is 2.05 bits per heavy atom. The lowest BCUT2D eigenvalue weighted by Gasteiger charge is -2.34. The number of anilines is 1. The van der Waals surface area contributed by atoms with E-state index in [4.69, 9.17) is 0 Å². The maximum Gasteiger partial charge on any atom is 0.321 e. The zero-order valence-electron chi connectivity index (χ0n) is 13.2. The van der Waals surface area contributed by atoms with Gasteiger partial charge in [-0.2, -0.15) is 0 Å². The molecule has 2 atom stereocenters. The Hall–Kier alpha value is -1.55. The van der Waals surface area contributed by atoms with E-state index >= 15 is 0 Å². The molecule has 21 heavy (non-hydrogen) atoms. The van der Waals surface area contributed by atoms with Crippen molar-refractivity contribution in [3.63, 3.8) is 0 Å². The van der Waals surface area contributed by atoms with Crippen molar-refractivity contribution in [2.45, 2.75) is 46.1 Å². The van der Waals surface area contributed by atoms with E-state index < -0.39 is 6.10 Å². The van der Waals surface area contributed by atoms with Gasteiger partial charge in [0.25, 0.3) is 0 Å². The van der Waals surface area contributed by atoms with E-state index in [-0.39, 0.29) is 11.9 Å². The summed E-state index contributed by atoms with van der Waals surface area (Å²) in [6, 6.07) is 5.98. The molecule has 0 aliphatic carbocycles. The zero-order chi connectivity index (χ0) is 15.4. The van der Waals surface area contributed by atoms with Crippen molar-refractivity contribution in [2.24, 2.45) is 5.92 Å². The summed E-state index contributed by atoms with van der Waals surface area (Å²) in [7, 11) is 0. The van der Waals surface area contributed by atoms with E-state index in [1.54, 1.807) is 4.90 Å². The second-order valence-electron chi connectivity index (χ2n) is 5.90. The van der Waals surface area contributed by atoms with E-state index in [9.17, 15) is 9.90 Å². The van der Waals surface area contributed by atoms with E-state index in [0.717, 1.165) is 24.9 Å². The molecule has 0 saturated carbocycles. The Bertz CT molecular complexity index is 502. The van der Waals surface area contributed by atoms with Crippen LogP contribution < -0.4 is 5.32 Å². The van der Waals surface area contributed by atoms with E-state index in [1.807, 2.05) is 13.0 Å². The minimum Gasteiger partial charge on any atom is -0.391 e. The van der Waals surface area contributed by atoms with Crippen LogP contribution in [-0.2, 0) is 12.8 Å². The summed E-state index contributed by atoms with van der Waals surface area (Å²) < 4.78 is 0. The van der Waals surface area contributed by atoms with Crippen LogP contribution in [0.5, 0.6) is 0 Å². The number of likely N-dealkylation sites (tertiary alicyclic amines) is 1. The first-order chi connectivity index (χ1) is 10.0. The molecule has 0 spiro atoms. The van der Waals surface area contributed by atoms with Crippen LogP contribution in [0.25, 0.3) is 0 Å². The molecule has 116 valence electrons. The molecule has 0 aromatic heterocycles. The zero-order valence-corrected chi connectivity index (χ0v) is 13.2. The number of aliphatic hydroxyl groups excluding tert-OH is 1. The predicted octanol–water partition coefficient (Wildman–Crippen LogP) is 3.05. The summed E-state index contributed by atoms with van der Waals surface area (Å²) in [4.78, 5) is 14.0. The van der Waals surface area contributed by atoms with Crippen LogP contribution in [0.3, 0.4) is 0 Å². The lowest BCUT2D eigenvalue weighted by Crippen LogP contribution is -2.47. The summed E-state index contributed by atoms with van der Waals surface area (Å²) in [5.41, 5.74) is 3.45. The Kier molecular flexibility index (Phi) is 5.23. The third-order valence-electron chi connectivity index (χ3n) is 4.43. The number of hydrogen-bond donors (Lipinski definition) is 2. The minimum absolute atomic E-state index is 0.118. The molecule has 1 aromatic rings. The maximum absolute atomic E-state index is 12.3. The molecule has 2 rings (SSSR count). The van der Waals surface area contributed by atoms with Crippen LogP contribution in [-0.4, -0.2) is 35.2 Å². The second kappa shape index (κ2) is 6.94. The van der Waals surface area contributed by atoms with Gasteiger partial charge in [0.05, 0.1) is 6.10 Å². The fourth-order valence-electron chi connectivity index (χ4n) is 2.81. The van der Waals surface area contributed by atoms with Gasteiger partial charge in [-0.3, -0.25) is 0 Å². The number of benzene rings is 1. The lowest BCUT2D eigenvalue weighted by atomic mass is 9.96. The van der Waals surface area contributed by atoms with Crippen molar-refractivity contribution in [3.05, 3.63) is 29.3 Å². The summed E-state index contributed by atoms with van der Waals surface area (Å²) in [5, 5.41) is 12.8. The van der Waals surface area contributed by atoms with Crippen molar-refractivity contribution >= 4 is 11.7 Å². The lowest BCUT2D eigenvalue weighted by molar-refractivity contribution is 0.0464. The number of aryl methyl sites for hydroxylation is 2. The number of rotatable bonds is 3. The van der Waals surface area contributed by atoms with Crippen molar-refractivity contribution in [2.75, 3.05) is 18.4 Å². The quantitative estimate of drug-likeness (QED) is 0.899. The Morgan fingerprint density at radius 3 is 2.67 bits per heavy atom. The van der Waals surface area contributed by atoms with Crippen molar-refractivity contribution < 1.29 is 9.90 Å². The highest BCUT2D eigenvalue weighted by molar-refractivity contribution is 5.89. The van der Waals surface area contributed by atoms with Gasteiger partial charge in [-0.15, -0.1) is 0 Å². The molecule has 4 heteroatoms. The van der Waals surface area contributed by atoms with E-state index in [0.29, 0.717) is 13.1 Å². The molecule has 1 aliphatic heterocycles. The Morgan fingerprint density at radius 1 is 1.33 bits per heavy atom. The van der Waals surface area contributed by atoms with Crippen molar-refractivity contribution in [1.29, 1.82) is 0 Å². The first kappa shape index (κ1) is 15.8. The fourth-order valence-corrected chi connectivity index (χ4v) is 2.81. The van der Waals surface area contributed by atoms with Crippen LogP contribution in [0.15, 0.2) is 18.2 Å². The van der Waals surface area contributed by atoms with Gasteiger partial charge < -0.3 is 15.3 Å². The van der Waals surface area contributed by atoms with Crippen molar-refractivity contribution in [1.82, 2.24) is 4.90 Å². The number of amides is 2. The minimum atomic E-state index is -0.418. The summed E-state index contributed by atoms with van der Waals surface area (Å²) in [5.74, 6) is 0.268. The first-order valence-electron chi connectivity index (χ1n) is 7.90. The Labute approximate surface area is 127 Å². The molecule has 1 aliphatic rings. The summed E-state index contributed by atoms with van der Waals surface area (Å²) in [6.07, 6.45) is 2.41. The molecule has 1 aromatic carbocycles. The number of nitrogens with zero attached hydrogens (tertiary/aromatic N) is 1. The van der Waals surface area contributed by atoms with Crippen LogP contribution in [0.2, 0.25) is 0 Å². The van der Waals surface area contributed by atoms with Gasteiger partial charge in [0, 0.05) is 18.8 Å². The Balaban J connectivity index is 2.02. The summed E-state index contributed by atoms with van der Waals surface area (Å²) in [6.45, 7) is 7.42. The van der Waals surface area contributed by atoms with Gasteiger partial charge in [0.2, 0.25) is 0 Å². The smallest absolute Gasteiger partial charge is 0.321 e. The maximum atomic E-state index is 12.3. The second-order valence-corrected chi connectivity index (χ2v) is 5.90. The highest BCUT2D eigenvalue weighted by Gasteiger charge is 2.27. The molecule has 2 unspecified atom stereocenters. The van der Waals surface area contributed by atoms with Crippen LogP contribution in [0.1, 0.15) is 38.3 Å². The molecular formula is C17H26N2O2. The van der Waals surface area contributed by atoms with Gasteiger partial charge in [-0.05, 0) is 48.4 Å². The molecular weight excluding hydrogens is 264 g/mol. The molecule has 0 radical (unpaired) electrons. The number of nitrogens with one attached hydrogen (secondary N) is 1. The SMILES string of the molecule is CCc1ccc(NC(=O)N2CCC(C)C(O)C2)cc1CC. The number of carbonyl (C=O) groups excluding carboxylic acids is 1. The third kappa shape index (κ3) is 3.76. The van der Waals surface area contributed by atoms with Gasteiger partial charge in [0.1, 0.15) is 0 Å². The van der Waals surface area contributed by atoms with Crippen LogP contribution in [0.4, 0.5) is 10.5 Å². The molecule has 1 fully saturated rings. The fraction of sp³-hybridized carbons (Fsp3) is 0.588. The average molecular weight is 290 g/mol. The predicted molar refractivity (Wildman–Crippen MR) is 85.6 cm³/mol. The third-order valence-corrected chi connectivity index (χ3v) is 4.43. The monoisotopic (exact) mass is 290 g/mol. The highest BCUT2D eigenvalue weighted by Crippen LogP contribution is 2.20. The van der Waals surface area contributed by atoms with Gasteiger partial charge in [-0.25, -0.2) is 4.79 Å². The van der Waals surface area contributed by atoms with Gasteiger partial charge in [-0.1, -0.05) is 26.8 Å². The molecule has 0 bridgehead atoms. The van der Waals surface area contributed by atoms with Crippen LogP contribution >= 0.6 is 0 Å². The molecule has 1 heterocycles. The number of piperidine rings is 1. The number of β-amino-alcohol motifs (C(OH)–C–C–N with tert-alkyl or cyclic N) is 1. The standard InChI is InChI=1S/C17H26N2O2/c1-4-13-6-7-15(10-14(13)5-2)18-17(21)19-9-8-12(3)16(20)11-19/h6-7,10,12,16,20H,4-5,8-9,11H2,1-3H3,(H,18,21). The normalized spacial score (nSPS) is 22.2. The van der Waals surface area contributed by atoms with Crippen molar-refractivity contribution in [3.8, 4) is 0 Å². The molecule has 2 N–H and O–H groups in total. The van der Waals surface area contributed by atoms with E-state index in [1.165, 1.54) is 11.1 Å². The number of carbonyl (C=O) groups is 1. The largest absolute Gasteiger partial charge is 0.391 e. The molecule has 2 amide bonds. The van der Waals surface area contributed by atoms with Crippen LogP contribution in [0, 0.1) is 5.92 Å². The number of hydrogen-bond acceptors (Lipinski definition) is 2. The van der Waals surface area contributed by atoms with Gasteiger partial charge >= 0.3 is 6.03 Å². The van der Waals surface area contributed by atoms with E-state index in [2.05, 4.69) is 31.3 Å². The first-order valence-corrected chi connectivity index (χ1v) is 7.90. The highest BCUT2D eigenvalue weighted by atomic mass is 16.3. The molecule has 4 nitrogen and oxygen atoms in total. The molecule has 1 saturated heterocycles. The van der Waals surface area contributed by atoms with Gasteiger partial charge in [0.15, 0.2) is 0 Å². The average Bonchev–Trinajstić information content (AvgIpc) is 2.49.